The van der Waals surface area contributed by atoms with E-state index in [1.165, 1.54) is 11.0 Å². The Hall–Kier alpha value is -2.20. The number of benzene rings is 1. The van der Waals surface area contributed by atoms with Gasteiger partial charge in [-0.3, -0.25) is 10.1 Å². The first-order valence-electron chi connectivity index (χ1n) is 8.17. The average molecular weight is 402 g/mol. The SMILES string of the molecule is N#Cc1c(NC(=S)NC(=O)C=Cc2ccccc2Cl)sc2c1CCCC2. The molecule has 1 heterocycles. The molecule has 0 saturated carbocycles. The summed E-state index contributed by atoms with van der Waals surface area (Å²) in [5.74, 6) is -0.359. The van der Waals surface area contributed by atoms with Crippen molar-refractivity contribution in [3.05, 3.63) is 56.9 Å². The third kappa shape index (κ3) is 4.31. The van der Waals surface area contributed by atoms with Crippen LogP contribution in [0.25, 0.3) is 6.08 Å². The van der Waals surface area contributed by atoms with E-state index in [1.807, 2.05) is 18.2 Å². The lowest BCUT2D eigenvalue weighted by molar-refractivity contribution is -0.115. The van der Waals surface area contributed by atoms with E-state index >= 15 is 0 Å². The Morgan fingerprint density at radius 2 is 2.08 bits per heavy atom. The number of aryl methyl sites for hydroxylation is 1. The second-order valence-electron chi connectivity index (χ2n) is 5.83. The number of amides is 1. The smallest absolute Gasteiger partial charge is 0.250 e. The first-order chi connectivity index (χ1) is 12.6. The number of halogens is 1. The molecule has 1 amide bonds. The normalized spacial score (nSPS) is 13.1. The minimum atomic E-state index is -0.359. The quantitative estimate of drug-likeness (QED) is 0.579. The van der Waals surface area contributed by atoms with Gasteiger partial charge < -0.3 is 5.32 Å². The largest absolute Gasteiger partial charge is 0.323 e. The van der Waals surface area contributed by atoms with E-state index in [9.17, 15) is 10.1 Å². The maximum atomic E-state index is 12.0. The van der Waals surface area contributed by atoms with Crippen LogP contribution in [-0.4, -0.2) is 11.0 Å². The Kier molecular flexibility index (Phi) is 6.04. The third-order valence-electron chi connectivity index (χ3n) is 4.07. The van der Waals surface area contributed by atoms with Crippen LogP contribution in [-0.2, 0) is 17.6 Å². The van der Waals surface area contributed by atoms with Crippen LogP contribution in [0.3, 0.4) is 0 Å². The summed E-state index contributed by atoms with van der Waals surface area (Å²) < 4.78 is 0. The number of rotatable bonds is 3. The highest BCUT2D eigenvalue weighted by Gasteiger charge is 2.21. The Labute approximate surface area is 166 Å². The molecule has 1 aromatic carbocycles. The topological polar surface area (TPSA) is 64.9 Å². The lowest BCUT2D eigenvalue weighted by atomic mass is 9.96. The molecule has 3 rings (SSSR count). The van der Waals surface area contributed by atoms with Crippen molar-refractivity contribution in [3.63, 3.8) is 0 Å². The van der Waals surface area contributed by atoms with Crippen molar-refractivity contribution in [3.8, 4) is 6.07 Å². The van der Waals surface area contributed by atoms with Crippen molar-refractivity contribution in [2.75, 3.05) is 5.32 Å². The van der Waals surface area contributed by atoms with Gasteiger partial charge >= 0.3 is 0 Å². The van der Waals surface area contributed by atoms with Gasteiger partial charge in [0.2, 0.25) is 5.91 Å². The van der Waals surface area contributed by atoms with Gasteiger partial charge in [0.25, 0.3) is 0 Å². The van der Waals surface area contributed by atoms with Gasteiger partial charge in [0, 0.05) is 16.0 Å². The summed E-state index contributed by atoms with van der Waals surface area (Å²) in [4.78, 5) is 13.3. The Morgan fingerprint density at radius 1 is 1.31 bits per heavy atom. The van der Waals surface area contributed by atoms with Gasteiger partial charge in [-0.25, -0.2) is 0 Å². The number of thiocarbonyl (C=S) groups is 1. The lowest BCUT2D eigenvalue weighted by Crippen LogP contribution is -2.32. The van der Waals surface area contributed by atoms with E-state index in [4.69, 9.17) is 23.8 Å². The highest BCUT2D eigenvalue weighted by molar-refractivity contribution is 7.80. The van der Waals surface area contributed by atoms with Crippen molar-refractivity contribution >= 4 is 57.3 Å². The van der Waals surface area contributed by atoms with Crippen molar-refractivity contribution in [2.24, 2.45) is 0 Å². The minimum Gasteiger partial charge on any atom is -0.323 e. The summed E-state index contributed by atoms with van der Waals surface area (Å²) in [7, 11) is 0. The summed E-state index contributed by atoms with van der Waals surface area (Å²) in [5.41, 5.74) is 2.52. The number of hydrogen-bond acceptors (Lipinski definition) is 4. The molecule has 26 heavy (non-hydrogen) atoms. The summed E-state index contributed by atoms with van der Waals surface area (Å²) in [6, 6.07) is 9.51. The van der Waals surface area contributed by atoms with Crippen LogP contribution in [0.1, 0.15) is 34.4 Å². The molecule has 0 spiro atoms. The molecule has 0 saturated heterocycles. The number of nitrogens with zero attached hydrogens (tertiary/aromatic N) is 1. The third-order valence-corrected chi connectivity index (χ3v) is 5.82. The van der Waals surface area contributed by atoms with E-state index in [1.54, 1.807) is 23.5 Å². The van der Waals surface area contributed by atoms with Gasteiger partial charge in [-0.15, -0.1) is 11.3 Å². The summed E-state index contributed by atoms with van der Waals surface area (Å²) in [6.07, 6.45) is 7.18. The number of nitrogens with one attached hydrogen (secondary N) is 2. The van der Waals surface area contributed by atoms with E-state index in [2.05, 4.69) is 16.7 Å². The number of carbonyl (C=O) groups excluding carboxylic acids is 1. The zero-order chi connectivity index (χ0) is 18.5. The molecule has 7 heteroatoms. The molecule has 132 valence electrons. The molecule has 4 nitrogen and oxygen atoms in total. The van der Waals surface area contributed by atoms with Crippen LogP contribution in [0.5, 0.6) is 0 Å². The average Bonchev–Trinajstić information content (AvgIpc) is 2.97. The van der Waals surface area contributed by atoms with Crippen molar-refractivity contribution in [1.29, 1.82) is 5.26 Å². The van der Waals surface area contributed by atoms with Crippen LogP contribution >= 0.6 is 35.2 Å². The highest BCUT2D eigenvalue weighted by Crippen LogP contribution is 2.37. The molecule has 0 atom stereocenters. The van der Waals surface area contributed by atoms with Crippen LogP contribution in [0.2, 0.25) is 5.02 Å². The summed E-state index contributed by atoms with van der Waals surface area (Å²) >= 11 is 12.8. The fourth-order valence-corrected chi connectivity index (χ4v) is 4.55. The second kappa shape index (κ2) is 8.45. The molecule has 0 bridgehead atoms. The maximum absolute atomic E-state index is 12.0. The minimum absolute atomic E-state index is 0.175. The van der Waals surface area contributed by atoms with Gasteiger partial charge in [-0.2, -0.15) is 5.26 Å². The number of fused-ring (bicyclic) bond motifs is 1. The molecule has 0 fully saturated rings. The van der Waals surface area contributed by atoms with Crippen LogP contribution in [0, 0.1) is 11.3 Å². The molecule has 0 aliphatic heterocycles. The van der Waals surface area contributed by atoms with Crippen LogP contribution in [0.4, 0.5) is 5.00 Å². The predicted molar refractivity (Wildman–Crippen MR) is 111 cm³/mol. The molecule has 0 radical (unpaired) electrons. The number of thiophene rings is 1. The fourth-order valence-electron chi connectivity index (χ4n) is 2.84. The number of carbonyl (C=O) groups is 1. The van der Waals surface area contributed by atoms with Gasteiger partial charge in [-0.05, 0) is 61.2 Å². The molecule has 1 aliphatic rings. The first-order valence-corrected chi connectivity index (χ1v) is 9.78. The van der Waals surface area contributed by atoms with E-state index in [-0.39, 0.29) is 11.0 Å². The van der Waals surface area contributed by atoms with E-state index < -0.39 is 0 Å². The second-order valence-corrected chi connectivity index (χ2v) is 7.75. The molecule has 1 aliphatic carbocycles. The number of hydrogen-bond donors (Lipinski definition) is 2. The molecule has 2 N–H and O–H groups in total. The van der Waals surface area contributed by atoms with Crippen molar-refractivity contribution in [1.82, 2.24) is 5.32 Å². The van der Waals surface area contributed by atoms with Gasteiger partial charge in [0.05, 0.1) is 5.56 Å². The maximum Gasteiger partial charge on any atom is 0.250 e. The molecule has 1 aromatic heterocycles. The Morgan fingerprint density at radius 3 is 2.85 bits per heavy atom. The van der Waals surface area contributed by atoms with E-state index in [0.29, 0.717) is 15.6 Å². The van der Waals surface area contributed by atoms with Gasteiger partial charge in [0.1, 0.15) is 11.1 Å². The zero-order valence-corrected chi connectivity index (χ0v) is 16.2. The molecular formula is C19H16ClN3OS2. The van der Waals surface area contributed by atoms with Gasteiger partial charge in [0.15, 0.2) is 5.11 Å². The first kappa shape index (κ1) is 18.6. The fraction of sp³-hybridized carbons (Fsp3) is 0.211. The Bertz CT molecular complexity index is 927. The Balaban J connectivity index is 1.64. The summed E-state index contributed by atoms with van der Waals surface area (Å²) in [6.45, 7) is 0. The molecule has 0 unspecified atom stereocenters. The monoisotopic (exact) mass is 401 g/mol. The van der Waals surface area contributed by atoms with Crippen LogP contribution < -0.4 is 10.6 Å². The number of nitriles is 1. The van der Waals surface area contributed by atoms with Gasteiger partial charge in [-0.1, -0.05) is 29.8 Å². The zero-order valence-electron chi connectivity index (χ0n) is 13.8. The molecular weight excluding hydrogens is 386 g/mol. The predicted octanol–water partition coefficient (Wildman–Crippen LogP) is 4.68. The molecule has 2 aromatic rings. The van der Waals surface area contributed by atoms with Crippen LogP contribution in [0.15, 0.2) is 30.3 Å². The lowest BCUT2D eigenvalue weighted by Gasteiger charge is -2.09. The summed E-state index contributed by atoms with van der Waals surface area (Å²) in [5, 5.41) is 16.5. The number of anilines is 1. The van der Waals surface area contributed by atoms with E-state index in [0.717, 1.165) is 36.8 Å². The standard InChI is InChI=1S/C19H16ClN3OS2/c20-15-7-3-1-5-12(15)9-10-17(24)22-19(25)23-18-14(11-21)13-6-2-4-8-16(13)26-18/h1,3,5,7,9-10H,2,4,6,8H2,(H2,22,23,24,25). The van der Waals surface area contributed by atoms with Crippen molar-refractivity contribution in [2.45, 2.75) is 25.7 Å². The van der Waals surface area contributed by atoms with Crippen molar-refractivity contribution < 1.29 is 4.79 Å². The highest BCUT2D eigenvalue weighted by atomic mass is 35.5.